The Bertz CT molecular complexity index is 3880. The maximum absolute atomic E-state index is 9.41. The van der Waals surface area contributed by atoms with Gasteiger partial charge in [-0.1, -0.05) is 163 Å². The van der Waals surface area contributed by atoms with E-state index in [1.807, 2.05) is 60.7 Å². The average molecular weight is 686 g/mol. The molecule has 0 spiro atoms. The maximum atomic E-state index is 9.41. The third kappa shape index (κ3) is 4.71. The van der Waals surface area contributed by atoms with Gasteiger partial charge in [-0.05, 0) is 118 Å². The summed E-state index contributed by atoms with van der Waals surface area (Å²) in [6.45, 7) is 0. The second kappa shape index (κ2) is 11.8. The Balaban J connectivity index is 1.19. The molecule has 1 aromatic heterocycles. The van der Waals surface area contributed by atoms with Gasteiger partial charge in [-0.25, -0.2) is 0 Å². The lowest BCUT2D eigenvalue weighted by Crippen LogP contribution is -1.92. The van der Waals surface area contributed by atoms with Gasteiger partial charge in [0, 0.05) is 10.8 Å². The first kappa shape index (κ1) is 19.6. The van der Waals surface area contributed by atoms with Crippen molar-refractivity contribution in [3.63, 3.8) is 0 Å². The number of fused-ring (bicyclic) bond motifs is 7. The predicted molar refractivity (Wildman–Crippen MR) is 225 cm³/mol. The molecule has 0 aliphatic heterocycles. The summed E-state index contributed by atoms with van der Waals surface area (Å²) in [6, 6.07) is 29.4. The SMILES string of the molecule is [2H]c1c([2H])c([2H])c(-c2c3c([2H])c([2H])c([2H])c([2H])c3c(-c3ccc(-c4ccc5oc6cc(-c7ccc8ccccc8c7)ccc6c5c4)c4ccccc34)c3c([2H])c([2H])c([2H])c([2H])c23)c([2H])c1[2H]. The Hall–Kier alpha value is -6.96. The molecular weight excluding hydrogens is 641 g/mol. The molecule has 1 heteroatoms. The van der Waals surface area contributed by atoms with E-state index < -0.39 is 84.1 Å². The van der Waals surface area contributed by atoms with Crippen molar-refractivity contribution in [2.24, 2.45) is 0 Å². The van der Waals surface area contributed by atoms with E-state index in [-0.39, 0.29) is 32.7 Å². The summed E-state index contributed by atoms with van der Waals surface area (Å²) in [7, 11) is 0. The number of rotatable bonds is 4. The topological polar surface area (TPSA) is 13.1 Å². The van der Waals surface area contributed by atoms with Crippen molar-refractivity contribution in [2.45, 2.75) is 0 Å². The van der Waals surface area contributed by atoms with Crippen LogP contribution in [0.2, 0.25) is 0 Å². The van der Waals surface area contributed by atoms with Crippen LogP contribution in [0.1, 0.15) is 17.8 Å². The number of furan rings is 1. The summed E-state index contributed by atoms with van der Waals surface area (Å²) in [5.41, 5.74) is 4.88. The zero-order chi connectivity index (χ0) is 46.2. The first-order valence-corrected chi connectivity index (χ1v) is 17.2. The van der Waals surface area contributed by atoms with Crippen LogP contribution in [0.3, 0.4) is 0 Å². The molecule has 11 aromatic rings. The Kier molecular flexibility index (Phi) is 4.36. The molecule has 0 fully saturated rings. The highest BCUT2D eigenvalue weighted by Gasteiger charge is 2.19. The van der Waals surface area contributed by atoms with Gasteiger partial charge in [0.1, 0.15) is 11.2 Å². The van der Waals surface area contributed by atoms with Crippen LogP contribution < -0.4 is 0 Å². The zero-order valence-corrected chi connectivity index (χ0v) is 27.9. The summed E-state index contributed by atoms with van der Waals surface area (Å²) in [5, 5.41) is 4.70. The van der Waals surface area contributed by atoms with Crippen molar-refractivity contribution in [3.8, 4) is 44.5 Å². The second-order valence-electron chi connectivity index (χ2n) is 13.0. The Morgan fingerprint density at radius 3 is 1.66 bits per heavy atom. The maximum Gasteiger partial charge on any atom is 0.136 e. The Morgan fingerprint density at radius 2 is 0.906 bits per heavy atom. The molecular formula is C52H32O. The molecule has 0 unspecified atom stereocenters. The van der Waals surface area contributed by atoms with Gasteiger partial charge in [-0.15, -0.1) is 0 Å². The average Bonchev–Trinajstić information content (AvgIpc) is 3.71. The third-order valence-corrected chi connectivity index (χ3v) is 10.2. The van der Waals surface area contributed by atoms with E-state index in [4.69, 9.17) is 16.8 Å². The van der Waals surface area contributed by atoms with E-state index in [0.717, 1.165) is 54.8 Å². The van der Waals surface area contributed by atoms with E-state index >= 15 is 0 Å². The lowest BCUT2D eigenvalue weighted by molar-refractivity contribution is 0.669. The van der Waals surface area contributed by atoms with Crippen LogP contribution >= 0.6 is 0 Å². The number of benzene rings is 10. The number of hydrogen-bond acceptors (Lipinski definition) is 1. The minimum Gasteiger partial charge on any atom is -0.456 e. The highest BCUT2D eigenvalue weighted by Crippen LogP contribution is 2.46. The van der Waals surface area contributed by atoms with Crippen LogP contribution in [0, 0.1) is 0 Å². The van der Waals surface area contributed by atoms with Gasteiger partial charge in [-0.3, -0.25) is 0 Å². The molecule has 0 aliphatic rings. The zero-order valence-electron chi connectivity index (χ0n) is 40.9. The van der Waals surface area contributed by atoms with Crippen molar-refractivity contribution in [1.29, 1.82) is 0 Å². The molecule has 10 aromatic carbocycles. The van der Waals surface area contributed by atoms with Gasteiger partial charge in [0.05, 0.1) is 17.8 Å². The molecule has 0 atom stereocenters. The monoisotopic (exact) mass is 685 g/mol. The fourth-order valence-electron chi connectivity index (χ4n) is 7.78. The standard InChI is InChI=1S/C52H32O/c1-2-13-34(14-3-1)51-43-18-8-10-20-45(43)52(46-21-11-9-19-44(46)51)47-28-27-39(40-16-6-7-17-41(40)47)38-25-29-49-48(31-38)42-26-24-37(32-50(42)53-49)36-23-22-33-12-4-5-15-35(33)30-36/h1-32H/i1D,2D,3D,8D,9D,10D,11D,13D,14D,18D,19D,20D,21D. The fourth-order valence-corrected chi connectivity index (χ4v) is 7.78. The Morgan fingerprint density at radius 1 is 0.321 bits per heavy atom. The van der Waals surface area contributed by atoms with Crippen LogP contribution in [-0.4, -0.2) is 0 Å². The molecule has 246 valence electrons. The summed E-state index contributed by atoms with van der Waals surface area (Å²) in [4.78, 5) is 0. The lowest BCUT2D eigenvalue weighted by Gasteiger charge is -2.19. The van der Waals surface area contributed by atoms with Crippen LogP contribution in [0.4, 0.5) is 0 Å². The van der Waals surface area contributed by atoms with Crippen LogP contribution in [0.15, 0.2) is 198 Å². The number of hydrogen-bond donors (Lipinski definition) is 0. The molecule has 11 rings (SSSR count). The second-order valence-corrected chi connectivity index (χ2v) is 13.0. The normalized spacial score (nSPS) is 15.2. The molecule has 0 aliphatic carbocycles. The summed E-state index contributed by atoms with van der Waals surface area (Å²) in [5.74, 6) is 0. The van der Waals surface area contributed by atoms with Gasteiger partial charge < -0.3 is 4.42 Å². The van der Waals surface area contributed by atoms with E-state index in [1.165, 1.54) is 0 Å². The highest BCUT2D eigenvalue weighted by molar-refractivity contribution is 6.24. The van der Waals surface area contributed by atoms with Crippen molar-refractivity contribution in [1.82, 2.24) is 0 Å². The van der Waals surface area contributed by atoms with Gasteiger partial charge in [0.2, 0.25) is 0 Å². The summed E-state index contributed by atoms with van der Waals surface area (Å²) >= 11 is 0. The van der Waals surface area contributed by atoms with Gasteiger partial charge in [0.25, 0.3) is 0 Å². The minimum atomic E-state index is -0.716. The largest absolute Gasteiger partial charge is 0.456 e. The minimum absolute atomic E-state index is 0.0800. The predicted octanol–water partition coefficient (Wildman–Crippen LogP) is 14.9. The molecule has 0 N–H and O–H groups in total. The third-order valence-electron chi connectivity index (χ3n) is 10.2. The van der Waals surface area contributed by atoms with E-state index in [0.29, 0.717) is 16.5 Å². The van der Waals surface area contributed by atoms with E-state index in [9.17, 15) is 5.48 Å². The molecule has 1 nitrogen and oxygen atoms in total. The van der Waals surface area contributed by atoms with Crippen molar-refractivity contribution >= 4 is 65.0 Å². The first-order valence-electron chi connectivity index (χ1n) is 23.7. The Labute approximate surface area is 325 Å². The van der Waals surface area contributed by atoms with Gasteiger partial charge in [0.15, 0.2) is 0 Å². The highest BCUT2D eigenvalue weighted by atomic mass is 16.3. The van der Waals surface area contributed by atoms with Gasteiger partial charge in [-0.2, -0.15) is 0 Å². The lowest BCUT2D eigenvalue weighted by atomic mass is 9.84. The van der Waals surface area contributed by atoms with Crippen molar-refractivity contribution in [3.05, 3.63) is 194 Å². The quantitative estimate of drug-likeness (QED) is 0.168. The van der Waals surface area contributed by atoms with Crippen LogP contribution in [0.25, 0.3) is 110 Å². The van der Waals surface area contributed by atoms with Crippen molar-refractivity contribution < 1.29 is 22.2 Å². The van der Waals surface area contributed by atoms with Crippen LogP contribution in [-0.2, 0) is 0 Å². The molecule has 0 saturated carbocycles. The smallest absolute Gasteiger partial charge is 0.136 e. The molecule has 1 heterocycles. The first-order chi connectivity index (χ1) is 31.7. The molecule has 0 radical (unpaired) electrons. The molecule has 0 amide bonds. The molecule has 53 heavy (non-hydrogen) atoms. The molecule has 0 bridgehead atoms. The van der Waals surface area contributed by atoms with E-state index in [2.05, 4.69) is 48.5 Å². The molecule has 0 saturated heterocycles. The van der Waals surface area contributed by atoms with Gasteiger partial charge >= 0.3 is 0 Å². The van der Waals surface area contributed by atoms with E-state index in [1.54, 1.807) is 6.07 Å². The fraction of sp³-hybridized carbons (Fsp3) is 0. The summed E-state index contributed by atoms with van der Waals surface area (Å²) < 4.78 is 122. The summed E-state index contributed by atoms with van der Waals surface area (Å²) in [6.07, 6.45) is 0. The van der Waals surface area contributed by atoms with Crippen LogP contribution in [0.5, 0.6) is 0 Å². The van der Waals surface area contributed by atoms with Crippen molar-refractivity contribution in [2.75, 3.05) is 0 Å².